The molecule has 4 rings (SSSR count). The number of ether oxygens (including phenoxy) is 3. The summed E-state index contributed by atoms with van der Waals surface area (Å²) in [7, 11) is 1.54. The van der Waals surface area contributed by atoms with Crippen molar-refractivity contribution in [1.29, 1.82) is 0 Å². The maximum atomic E-state index is 12.4. The molecule has 0 aliphatic carbocycles. The van der Waals surface area contributed by atoms with Crippen LogP contribution in [0, 0.1) is 13.8 Å². The minimum Gasteiger partial charge on any atom is -0.493 e. The van der Waals surface area contributed by atoms with Gasteiger partial charge in [-0.1, -0.05) is 11.2 Å². The molecule has 174 valence electrons. The van der Waals surface area contributed by atoms with Gasteiger partial charge in [0.25, 0.3) is 0 Å². The highest BCUT2D eigenvalue weighted by molar-refractivity contribution is 6.13. The van der Waals surface area contributed by atoms with E-state index in [2.05, 4.69) is 15.5 Å². The van der Waals surface area contributed by atoms with Gasteiger partial charge >= 0.3 is 5.97 Å². The predicted octanol–water partition coefficient (Wildman–Crippen LogP) is 4.18. The van der Waals surface area contributed by atoms with Gasteiger partial charge in [0.1, 0.15) is 12.4 Å². The number of methoxy groups -OCH3 is 1. The minimum atomic E-state index is -0.557. The van der Waals surface area contributed by atoms with Gasteiger partial charge in [-0.3, -0.25) is 4.79 Å². The summed E-state index contributed by atoms with van der Waals surface area (Å²) in [6.45, 7) is 5.41. The highest BCUT2D eigenvalue weighted by atomic mass is 16.6. The summed E-state index contributed by atoms with van der Waals surface area (Å²) in [5.41, 5.74) is 3.77. The highest BCUT2D eigenvalue weighted by Crippen LogP contribution is 2.31. The van der Waals surface area contributed by atoms with E-state index in [0.29, 0.717) is 40.7 Å². The number of benzene rings is 2. The van der Waals surface area contributed by atoms with Crippen molar-refractivity contribution < 1.29 is 28.3 Å². The van der Waals surface area contributed by atoms with Gasteiger partial charge in [0.15, 0.2) is 17.2 Å². The zero-order valence-corrected chi connectivity index (χ0v) is 19.2. The number of nitrogens with one attached hydrogen (secondary N) is 1. The molecule has 3 aromatic rings. The summed E-state index contributed by atoms with van der Waals surface area (Å²) >= 11 is 0. The lowest BCUT2D eigenvalue weighted by Crippen LogP contribution is -2.07. The Hall–Kier alpha value is -4.40. The van der Waals surface area contributed by atoms with E-state index < -0.39 is 5.97 Å². The van der Waals surface area contributed by atoms with Crippen LogP contribution in [0.3, 0.4) is 0 Å². The van der Waals surface area contributed by atoms with E-state index in [0.717, 1.165) is 11.3 Å². The van der Waals surface area contributed by atoms with Gasteiger partial charge in [-0.2, -0.15) is 0 Å². The third-order valence-electron chi connectivity index (χ3n) is 5.12. The number of aryl methyl sites for hydroxylation is 2. The van der Waals surface area contributed by atoms with Crippen LogP contribution in [0.25, 0.3) is 6.08 Å². The van der Waals surface area contributed by atoms with Crippen LogP contribution in [-0.4, -0.2) is 30.0 Å². The zero-order chi connectivity index (χ0) is 24.2. The average molecular weight is 461 g/mol. The first-order chi connectivity index (χ1) is 16.3. The number of hydrogen-bond acceptors (Lipinski definition) is 8. The summed E-state index contributed by atoms with van der Waals surface area (Å²) in [4.78, 5) is 27.8. The lowest BCUT2D eigenvalue weighted by molar-refractivity contribution is -0.129. The Morgan fingerprint density at radius 1 is 1.12 bits per heavy atom. The summed E-state index contributed by atoms with van der Waals surface area (Å²) in [5.74, 6) is 1.22. The first-order valence-corrected chi connectivity index (χ1v) is 10.5. The molecule has 2 heterocycles. The number of carbonyl (C=O) groups is 2. The molecule has 1 aliphatic heterocycles. The average Bonchev–Trinajstić information content (AvgIpc) is 3.34. The first-order valence-electron chi connectivity index (χ1n) is 10.5. The quantitative estimate of drug-likeness (QED) is 0.415. The number of aromatic nitrogens is 1. The van der Waals surface area contributed by atoms with Crippen molar-refractivity contribution in [1.82, 2.24) is 5.16 Å². The van der Waals surface area contributed by atoms with Crippen LogP contribution in [-0.2, 0) is 20.9 Å². The lowest BCUT2D eigenvalue weighted by atomic mass is 10.1. The fourth-order valence-electron chi connectivity index (χ4n) is 3.34. The van der Waals surface area contributed by atoms with Crippen molar-refractivity contribution in [3.05, 3.63) is 76.3 Å². The second kappa shape index (κ2) is 9.62. The number of carbonyl (C=O) groups excluding carboxylic acids is 2. The topological polar surface area (TPSA) is 112 Å². The Kier molecular flexibility index (Phi) is 6.44. The molecule has 1 aromatic heterocycles. The van der Waals surface area contributed by atoms with E-state index in [1.54, 1.807) is 55.7 Å². The number of cyclic esters (lactones) is 1. The fraction of sp³-hybridized carbons (Fsp3) is 0.200. The van der Waals surface area contributed by atoms with Crippen molar-refractivity contribution >= 4 is 29.5 Å². The normalized spacial score (nSPS) is 14.1. The number of hydrogen-bond donors (Lipinski definition) is 1. The van der Waals surface area contributed by atoms with Crippen LogP contribution in [0.1, 0.15) is 35.1 Å². The van der Waals surface area contributed by atoms with Crippen LogP contribution in [0.4, 0.5) is 5.69 Å². The smallest absolute Gasteiger partial charge is 0.363 e. The number of anilines is 1. The summed E-state index contributed by atoms with van der Waals surface area (Å²) in [6, 6.07) is 12.2. The van der Waals surface area contributed by atoms with Crippen LogP contribution in [0.15, 0.2) is 57.7 Å². The van der Waals surface area contributed by atoms with E-state index in [1.807, 2.05) is 13.8 Å². The maximum Gasteiger partial charge on any atom is 0.363 e. The standard InChI is InChI=1S/C25H23N3O6/c1-14-20(15(2)34-28-14)13-32-22-10-5-17(12-23(22)31-4)11-21-25(30)33-24(27-21)18-6-8-19(9-7-18)26-16(3)29/h5-12H,13H2,1-4H3,(H,26,29)/b21-11-. The van der Waals surface area contributed by atoms with Crippen LogP contribution < -0.4 is 14.8 Å². The number of amides is 1. The molecule has 0 unspecified atom stereocenters. The third-order valence-corrected chi connectivity index (χ3v) is 5.12. The van der Waals surface area contributed by atoms with E-state index in [1.165, 1.54) is 6.92 Å². The molecule has 0 spiro atoms. The Bertz CT molecular complexity index is 1290. The Morgan fingerprint density at radius 2 is 1.88 bits per heavy atom. The summed E-state index contributed by atoms with van der Waals surface area (Å²) in [6.07, 6.45) is 1.61. The molecule has 34 heavy (non-hydrogen) atoms. The largest absolute Gasteiger partial charge is 0.493 e. The van der Waals surface area contributed by atoms with Crippen LogP contribution in [0.5, 0.6) is 11.5 Å². The molecule has 0 atom stereocenters. The van der Waals surface area contributed by atoms with Crippen molar-refractivity contribution in [2.75, 3.05) is 12.4 Å². The van der Waals surface area contributed by atoms with E-state index in [4.69, 9.17) is 18.7 Å². The van der Waals surface area contributed by atoms with E-state index in [9.17, 15) is 9.59 Å². The molecule has 9 heteroatoms. The molecular weight excluding hydrogens is 438 g/mol. The van der Waals surface area contributed by atoms with Crippen molar-refractivity contribution in [3.63, 3.8) is 0 Å². The van der Waals surface area contributed by atoms with Gasteiger partial charge in [-0.05, 0) is 61.9 Å². The predicted molar refractivity (Wildman–Crippen MR) is 125 cm³/mol. The van der Waals surface area contributed by atoms with E-state index in [-0.39, 0.29) is 17.5 Å². The molecule has 1 N–H and O–H groups in total. The monoisotopic (exact) mass is 461 g/mol. The van der Waals surface area contributed by atoms with Gasteiger partial charge in [-0.15, -0.1) is 0 Å². The first kappa shape index (κ1) is 22.8. The summed E-state index contributed by atoms with van der Waals surface area (Å²) < 4.78 is 21.8. The molecule has 0 saturated heterocycles. The van der Waals surface area contributed by atoms with E-state index >= 15 is 0 Å². The lowest BCUT2D eigenvalue weighted by Gasteiger charge is -2.11. The molecule has 1 amide bonds. The van der Waals surface area contributed by atoms with Crippen LogP contribution >= 0.6 is 0 Å². The second-order valence-corrected chi connectivity index (χ2v) is 7.60. The number of nitrogens with zero attached hydrogens (tertiary/aromatic N) is 2. The molecule has 0 fully saturated rings. The Morgan fingerprint density at radius 3 is 2.53 bits per heavy atom. The molecule has 1 aliphatic rings. The van der Waals surface area contributed by atoms with Crippen LogP contribution in [0.2, 0.25) is 0 Å². The van der Waals surface area contributed by atoms with Gasteiger partial charge in [-0.25, -0.2) is 9.79 Å². The molecule has 0 saturated carbocycles. The van der Waals surface area contributed by atoms with Crippen molar-refractivity contribution in [2.45, 2.75) is 27.4 Å². The van der Waals surface area contributed by atoms with Gasteiger partial charge in [0.05, 0.1) is 18.4 Å². The number of rotatable bonds is 7. The highest BCUT2D eigenvalue weighted by Gasteiger charge is 2.24. The Labute approximate surface area is 196 Å². The molecular formula is C25H23N3O6. The fourth-order valence-corrected chi connectivity index (χ4v) is 3.34. The molecule has 0 bridgehead atoms. The number of esters is 1. The third kappa shape index (κ3) is 4.98. The zero-order valence-electron chi connectivity index (χ0n) is 19.2. The minimum absolute atomic E-state index is 0.160. The van der Waals surface area contributed by atoms with Crippen molar-refractivity contribution in [2.24, 2.45) is 4.99 Å². The molecule has 9 nitrogen and oxygen atoms in total. The van der Waals surface area contributed by atoms with Gasteiger partial charge < -0.3 is 24.1 Å². The molecule has 2 aromatic carbocycles. The maximum absolute atomic E-state index is 12.4. The van der Waals surface area contributed by atoms with Crippen molar-refractivity contribution in [3.8, 4) is 11.5 Å². The summed E-state index contributed by atoms with van der Waals surface area (Å²) in [5, 5.41) is 6.61. The number of aliphatic imine (C=N–C) groups is 1. The Balaban J connectivity index is 1.52. The van der Waals surface area contributed by atoms with Gasteiger partial charge in [0, 0.05) is 18.2 Å². The second-order valence-electron chi connectivity index (χ2n) is 7.60. The molecule has 0 radical (unpaired) electrons. The van der Waals surface area contributed by atoms with Gasteiger partial charge in [0.2, 0.25) is 11.8 Å². The SMILES string of the molecule is COc1cc(/C=C2\N=C(c3ccc(NC(C)=O)cc3)OC2=O)ccc1OCc1c(C)noc1C.